The fourth-order valence-corrected chi connectivity index (χ4v) is 1.77. The number of nitrogen functional groups attached to an aromatic ring is 1. The standard InChI is InChI=1S/C12H15N3.2ClH/c13-12(14)11-3-1-2-10(8-11)9-4-6-15-7-5-9;;/h1-4,8,15H,5-7H2,(H3,13,14);2*1H. The monoisotopic (exact) mass is 273 g/mol. The lowest BCUT2D eigenvalue weighted by Gasteiger charge is -2.14. The van der Waals surface area contributed by atoms with Gasteiger partial charge in [-0.15, -0.1) is 24.8 Å². The van der Waals surface area contributed by atoms with Gasteiger partial charge >= 0.3 is 0 Å². The third-order valence-electron chi connectivity index (χ3n) is 2.61. The van der Waals surface area contributed by atoms with Crippen LogP contribution in [0.25, 0.3) is 5.57 Å². The molecule has 3 nitrogen and oxygen atoms in total. The van der Waals surface area contributed by atoms with Gasteiger partial charge < -0.3 is 11.1 Å². The van der Waals surface area contributed by atoms with E-state index in [1.54, 1.807) is 0 Å². The van der Waals surface area contributed by atoms with Crippen molar-refractivity contribution in [3.05, 3.63) is 41.5 Å². The van der Waals surface area contributed by atoms with E-state index in [0.717, 1.165) is 25.1 Å². The first-order valence-corrected chi connectivity index (χ1v) is 5.12. The summed E-state index contributed by atoms with van der Waals surface area (Å²) < 4.78 is 0. The largest absolute Gasteiger partial charge is 0.384 e. The van der Waals surface area contributed by atoms with E-state index in [1.165, 1.54) is 11.1 Å². The van der Waals surface area contributed by atoms with Gasteiger partial charge in [-0.2, -0.15) is 0 Å². The molecule has 0 unspecified atom stereocenters. The summed E-state index contributed by atoms with van der Waals surface area (Å²) in [5, 5.41) is 10.7. The van der Waals surface area contributed by atoms with Gasteiger partial charge in [-0.25, -0.2) is 0 Å². The smallest absolute Gasteiger partial charge is 0.122 e. The lowest BCUT2D eigenvalue weighted by atomic mass is 9.98. The lowest BCUT2D eigenvalue weighted by molar-refractivity contribution is 0.738. The molecule has 94 valence electrons. The van der Waals surface area contributed by atoms with Crippen LogP contribution in [-0.2, 0) is 0 Å². The topological polar surface area (TPSA) is 61.9 Å². The van der Waals surface area contributed by atoms with Gasteiger partial charge in [0.15, 0.2) is 0 Å². The van der Waals surface area contributed by atoms with Gasteiger partial charge in [-0.1, -0.05) is 24.3 Å². The van der Waals surface area contributed by atoms with Gasteiger partial charge in [0.25, 0.3) is 0 Å². The summed E-state index contributed by atoms with van der Waals surface area (Å²) in [6.07, 6.45) is 3.24. The average Bonchev–Trinajstić information content (AvgIpc) is 2.30. The van der Waals surface area contributed by atoms with E-state index in [4.69, 9.17) is 11.1 Å². The second kappa shape index (κ2) is 7.33. The minimum absolute atomic E-state index is 0. The third kappa shape index (κ3) is 4.04. The molecule has 0 amide bonds. The van der Waals surface area contributed by atoms with E-state index in [2.05, 4.69) is 17.5 Å². The molecule has 1 heterocycles. The van der Waals surface area contributed by atoms with Crippen molar-refractivity contribution in [2.24, 2.45) is 5.73 Å². The number of nitrogens with one attached hydrogen (secondary N) is 2. The van der Waals surface area contributed by atoms with Gasteiger partial charge in [0.05, 0.1) is 0 Å². The number of benzene rings is 1. The van der Waals surface area contributed by atoms with Crippen LogP contribution in [0.1, 0.15) is 17.5 Å². The van der Waals surface area contributed by atoms with Crippen molar-refractivity contribution < 1.29 is 0 Å². The molecule has 0 atom stereocenters. The maximum absolute atomic E-state index is 7.39. The third-order valence-corrected chi connectivity index (χ3v) is 2.61. The highest BCUT2D eigenvalue weighted by Gasteiger charge is 2.06. The fourth-order valence-electron chi connectivity index (χ4n) is 1.77. The summed E-state index contributed by atoms with van der Waals surface area (Å²) in [5.74, 6) is 0.131. The van der Waals surface area contributed by atoms with E-state index in [1.807, 2.05) is 18.2 Å². The first-order chi connectivity index (χ1) is 7.27. The number of hydrogen-bond acceptors (Lipinski definition) is 2. The molecule has 0 aliphatic carbocycles. The van der Waals surface area contributed by atoms with Crippen LogP contribution in [-0.4, -0.2) is 18.9 Å². The fraction of sp³-hybridized carbons (Fsp3) is 0.250. The molecule has 1 aliphatic heterocycles. The lowest BCUT2D eigenvalue weighted by Crippen LogP contribution is -2.20. The van der Waals surface area contributed by atoms with Crippen LogP contribution in [0.5, 0.6) is 0 Å². The highest BCUT2D eigenvalue weighted by atomic mass is 35.5. The maximum atomic E-state index is 7.39. The van der Waals surface area contributed by atoms with Gasteiger partial charge in [0.1, 0.15) is 5.84 Å². The quantitative estimate of drug-likeness (QED) is 0.572. The van der Waals surface area contributed by atoms with Crippen molar-refractivity contribution in [2.45, 2.75) is 6.42 Å². The van der Waals surface area contributed by atoms with Crippen LogP contribution in [0, 0.1) is 5.41 Å². The van der Waals surface area contributed by atoms with E-state index >= 15 is 0 Å². The Bertz CT molecular complexity index is 416. The summed E-state index contributed by atoms with van der Waals surface area (Å²) in [5.41, 5.74) is 8.79. The minimum atomic E-state index is 0. The average molecular weight is 274 g/mol. The predicted molar refractivity (Wildman–Crippen MR) is 77.4 cm³/mol. The molecule has 0 radical (unpaired) electrons. The molecule has 1 aromatic rings. The van der Waals surface area contributed by atoms with E-state index in [0.29, 0.717) is 0 Å². The van der Waals surface area contributed by atoms with Gasteiger partial charge in [-0.3, -0.25) is 5.41 Å². The van der Waals surface area contributed by atoms with Gasteiger partial charge in [-0.05, 0) is 30.2 Å². The number of amidine groups is 1. The molecule has 4 N–H and O–H groups in total. The molecular formula is C12H17Cl2N3. The van der Waals surface area contributed by atoms with Crippen LogP contribution in [0.2, 0.25) is 0 Å². The molecule has 2 rings (SSSR count). The zero-order valence-corrected chi connectivity index (χ0v) is 11.0. The Kier molecular flexibility index (Phi) is 6.88. The Morgan fingerprint density at radius 2 is 2.06 bits per heavy atom. The zero-order chi connectivity index (χ0) is 10.7. The molecule has 0 fully saturated rings. The van der Waals surface area contributed by atoms with Crippen molar-refractivity contribution in [1.29, 1.82) is 5.41 Å². The first-order valence-electron chi connectivity index (χ1n) is 5.12. The Morgan fingerprint density at radius 3 is 2.65 bits per heavy atom. The molecule has 5 heteroatoms. The molecular weight excluding hydrogens is 257 g/mol. The van der Waals surface area contributed by atoms with Crippen LogP contribution in [0.15, 0.2) is 30.3 Å². The number of hydrogen-bond donors (Lipinski definition) is 3. The Labute approximate surface area is 114 Å². The highest BCUT2D eigenvalue weighted by molar-refractivity contribution is 5.95. The van der Waals surface area contributed by atoms with Crippen LogP contribution in [0.4, 0.5) is 0 Å². The summed E-state index contributed by atoms with van der Waals surface area (Å²) in [7, 11) is 0. The Balaban J connectivity index is 0.00000128. The van der Waals surface area contributed by atoms with Crippen molar-refractivity contribution >= 4 is 36.2 Å². The zero-order valence-electron chi connectivity index (χ0n) is 9.40. The summed E-state index contributed by atoms with van der Waals surface area (Å²) in [6, 6.07) is 7.88. The number of halogens is 2. The summed E-state index contributed by atoms with van der Waals surface area (Å²) >= 11 is 0. The maximum Gasteiger partial charge on any atom is 0.122 e. The van der Waals surface area contributed by atoms with Crippen LogP contribution >= 0.6 is 24.8 Å². The van der Waals surface area contributed by atoms with Gasteiger partial charge in [0, 0.05) is 12.1 Å². The van der Waals surface area contributed by atoms with Crippen molar-refractivity contribution in [2.75, 3.05) is 13.1 Å². The van der Waals surface area contributed by atoms with Gasteiger partial charge in [0.2, 0.25) is 0 Å². The van der Waals surface area contributed by atoms with Crippen molar-refractivity contribution in [3.63, 3.8) is 0 Å². The second-order valence-electron chi connectivity index (χ2n) is 3.68. The van der Waals surface area contributed by atoms with E-state index in [-0.39, 0.29) is 30.6 Å². The Morgan fingerprint density at radius 1 is 1.29 bits per heavy atom. The molecule has 0 bridgehead atoms. The van der Waals surface area contributed by atoms with Crippen LogP contribution < -0.4 is 11.1 Å². The predicted octanol–water partition coefficient (Wildman–Crippen LogP) is 2.19. The second-order valence-corrected chi connectivity index (χ2v) is 3.68. The normalized spacial score (nSPS) is 14.0. The molecule has 1 aromatic carbocycles. The molecule has 1 aliphatic rings. The SMILES string of the molecule is Cl.Cl.N=C(N)c1cccc(C2=CCNCC2)c1. The molecule has 0 saturated heterocycles. The van der Waals surface area contributed by atoms with Crippen molar-refractivity contribution in [3.8, 4) is 0 Å². The Hall–Kier alpha value is -1.03. The molecule has 0 spiro atoms. The van der Waals surface area contributed by atoms with E-state index in [9.17, 15) is 0 Å². The molecule has 0 aromatic heterocycles. The molecule has 17 heavy (non-hydrogen) atoms. The number of rotatable bonds is 2. The van der Waals surface area contributed by atoms with Crippen LogP contribution in [0.3, 0.4) is 0 Å². The summed E-state index contributed by atoms with van der Waals surface area (Å²) in [4.78, 5) is 0. The molecule has 0 saturated carbocycles. The highest BCUT2D eigenvalue weighted by Crippen LogP contribution is 2.20. The first kappa shape index (κ1) is 16.0. The van der Waals surface area contributed by atoms with Crippen molar-refractivity contribution in [1.82, 2.24) is 5.32 Å². The number of nitrogens with two attached hydrogens (primary N) is 1. The minimum Gasteiger partial charge on any atom is -0.384 e. The van der Waals surface area contributed by atoms with E-state index < -0.39 is 0 Å². The summed E-state index contributed by atoms with van der Waals surface area (Å²) in [6.45, 7) is 1.95.